The second-order valence-electron chi connectivity index (χ2n) is 5.91. The predicted molar refractivity (Wildman–Crippen MR) is 73.8 cm³/mol. The van der Waals surface area contributed by atoms with Crippen LogP contribution >= 0.6 is 0 Å². The molecule has 1 aromatic carbocycles. The summed E-state index contributed by atoms with van der Waals surface area (Å²) >= 11 is 0. The van der Waals surface area contributed by atoms with Gasteiger partial charge in [-0.3, -0.25) is 9.69 Å². The number of carbonyl (C=O) groups excluding carboxylic acids is 1. The number of benzene rings is 1. The zero-order valence-electron chi connectivity index (χ0n) is 11.9. The van der Waals surface area contributed by atoms with Crippen LogP contribution in [0.15, 0.2) is 24.3 Å². The van der Waals surface area contributed by atoms with Crippen molar-refractivity contribution >= 4 is 5.97 Å². The number of carbonyl (C=O) groups is 1. The number of hydrogen-bond donors (Lipinski definition) is 0. The van der Waals surface area contributed by atoms with Crippen LogP contribution < -0.4 is 0 Å². The Morgan fingerprint density at radius 1 is 1.30 bits per heavy atom. The van der Waals surface area contributed by atoms with Crippen LogP contribution in [0.25, 0.3) is 0 Å². The average Bonchev–Trinajstić information content (AvgIpc) is 2.70. The first-order chi connectivity index (χ1) is 9.61. The Bertz CT molecular complexity index is 502. The van der Waals surface area contributed by atoms with Crippen molar-refractivity contribution in [2.24, 2.45) is 5.92 Å². The molecule has 0 N–H and O–H groups in total. The molecule has 0 spiro atoms. The summed E-state index contributed by atoms with van der Waals surface area (Å²) in [7, 11) is 3.55. The molecule has 2 aliphatic rings. The molecule has 4 atom stereocenters. The molecule has 1 aromatic rings. The average molecular weight is 276 g/mol. The van der Waals surface area contributed by atoms with Crippen LogP contribution in [0, 0.1) is 11.7 Å². The molecule has 108 valence electrons. The molecule has 0 unspecified atom stereocenters. The molecule has 4 heteroatoms. The maximum absolute atomic E-state index is 13.1. The smallest absolute Gasteiger partial charge is 0.310 e. The Kier molecular flexibility index (Phi) is 3.50. The number of nitrogens with zero attached hydrogens (tertiary/aromatic N) is 1. The van der Waals surface area contributed by atoms with Crippen LogP contribution in [0.5, 0.6) is 0 Å². The first-order valence-corrected chi connectivity index (χ1v) is 7.17. The highest BCUT2D eigenvalue weighted by Crippen LogP contribution is 2.46. The van der Waals surface area contributed by atoms with Gasteiger partial charge in [0.15, 0.2) is 0 Å². The summed E-state index contributed by atoms with van der Waals surface area (Å²) in [5, 5.41) is 0. The van der Waals surface area contributed by atoms with Gasteiger partial charge >= 0.3 is 5.97 Å². The lowest BCUT2D eigenvalue weighted by molar-refractivity contribution is -0.150. The maximum Gasteiger partial charge on any atom is 0.310 e. The zero-order valence-corrected chi connectivity index (χ0v) is 11.9. The summed E-state index contributed by atoms with van der Waals surface area (Å²) in [6.45, 7) is 0. The number of fused-ring (bicyclic) bond motifs is 2. The molecular formula is C16H20FNO2. The van der Waals surface area contributed by atoms with Crippen LogP contribution in [-0.4, -0.2) is 37.1 Å². The van der Waals surface area contributed by atoms with E-state index >= 15 is 0 Å². The second kappa shape index (κ2) is 5.17. The normalized spacial score (nSPS) is 33.1. The Balaban J connectivity index is 1.95. The maximum atomic E-state index is 13.1. The summed E-state index contributed by atoms with van der Waals surface area (Å²) in [6, 6.07) is 7.34. The summed E-state index contributed by atoms with van der Waals surface area (Å²) in [4.78, 5) is 14.5. The van der Waals surface area contributed by atoms with Gasteiger partial charge in [0.05, 0.1) is 13.0 Å². The molecule has 2 aliphatic heterocycles. The number of rotatable bonds is 2. The second-order valence-corrected chi connectivity index (χ2v) is 5.91. The van der Waals surface area contributed by atoms with Gasteiger partial charge in [-0.2, -0.15) is 0 Å². The lowest BCUT2D eigenvalue weighted by Gasteiger charge is -2.41. The van der Waals surface area contributed by atoms with E-state index in [1.54, 1.807) is 12.1 Å². The molecule has 2 saturated heterocycles. The van der Waals surface area contributed by atoms with Crippen molar-refractivity contribution in [1.29, 1.82) is 0 Å². The van der Waals surface area contributed by atoms with Gasteiger partial charge in [0.25, 0.3) is 0 Å². The Morgan fingerprint density at radius 2 is 2.00 bits per heavy atom. The summed E-state index contributed by atoms with van der Waals surface area (Å²) in [6.07, 6.45) is 3.11. The predicted octanol–water partition coefficient (Wildman–Crippen LogP) is 2.57. The Hall–Kier alpha value is -1.42. The van der Waals surface area contributed by atoms with Gasteiger partial charge in [0.1, 0.15) is 5.82 Å². The van der Waals surface area contributed by atoms with Crippen molar-refractivity contribution in [2.75, 3.05) is 14.2 Å². The molecule has 0 radical (unpaired) electrons. The quantitative estimate of drug-likeness (QED) is 0.778. The molecule has 2 fully saturated rings. The van der Waals surface area contributed by atoms with Gasteiger partial charge in [0.2, 0.25) is 0 Å². The molecule has 3 nitrogen and oxygen atoms in total. The van der Waals surface area contributed by atoms with Gasteiger partial charge in [-0.15, -0.1) is 0 Å². The number of halogens is 1. The standard InChI is InChI=1S/C16H20FNO2/c1-18-12-7-8-14(18)15(16(19)20-2)13(9-12)10-3-5-11(17)6-4-10/h3-6,12-15H,7-9H2,1-2H3/t12-,13+,14+,15-/m0/s1/i2-1. The van der Waals surface area contributed by atoms with Crippen LogP contribution in [0.2, 0.25) is 0 Å². The molecule has 2 heterocycles. The van der Waals surface area contributed by atoms with E-state index in [1.807, 2.05) is 0 Å². The Labute approximate surface area is 118 Å². The molecular weight excluding hydrogens is 256 g/mol. The summed E-state index contributed by atoms with van der Waals surface area (Å²) in [5.74, 6) is -0.387. The molecule has 0 saturated carbocycles. The minimum Gasteiger partial charge on any atom is -0.469 e. The van der Waals surface area contributed by atoms with Crippen molar-refractivity contribution in [3.63, 3.8) is 0 Å². The minimum atomic E-state index is -0.237. The van der Waals surface area contributed by atoms with Crippen molar-refractivity contribution in [3.8, 4) is 0 Å². The molecule has 2 bridgehead atoms. The third-order valence-corrected chi connectivity index (χ3v) is 5.04. The monoisotopic (exact) mass is 276 g/mol. The van der Waals surface area contributed by atoms with E-state index in [4.69, 9.17) is 4.74 Å². The number of methoxy groups -OCH3 is 1. The highest BCUT2D eigenvalue weighted by molar-refractivity contribution is 5.75. The summed E-state index contributed by atoms with van der Waals surface area (Å²) < 4.78 is 18.1. The van der Waals surface area contributed by atoms with Crippen molar-refractivity contribution in [1.82, 2.24) is 4.90 Å². The first-order valence-electron chi connectivity index (χ1n) is 7.17. The van der Waals surface area contributed by atoms with Gasteiger partial charge in [-0.25, -0.2) is 4.39 Å². The van der Waals surface area contributed by atoms with Crippen LogP contribution in [0.1, 0.15) is 30.7 Å². The van der Waals surface area contributed by atoms with Gasteiger partial charge < -0.3 is 4.74 Å². The molecule has 3 rings (SSSR count). The highest BCUT2D eigenvalue weighted by atomic mass is 19.1. The lowest BCUT2D eigenvalue weighted by Crippen LogP contribution is -2.49. The van der Waals surface area contributed by atoms with Crippen molar-refractivity contribution in [3.05, 3.63) is 35.6 Å². The van der Waals surface area contributed by atoms with E-state index in [-0.39, 0.29) is 29.7 Å². The molecule has 20 heavy (non-hydrogen) atoms. The van der Waals surface area contributed by atoms with Gasteiger partial charge in [-0.05, 0) is 44.0 Å². The summed E-state index contributed by atoms with van der Waals surface area (Å²) in [5.41, 5.74) is 1.05. The van der Waals surface area contributed by atoms with E-state index in [9.17, 15) is 9.18 Å². The van der Waals surface area contributed by atoms with Crippen molar-refractivity contribution < 1.29 is 13.9 Å². The van der Waals surface area contributed by atoms with E-state index in [0.29, 0.717) is 6.04 Å². The zero-order chi connectivity index (χ0) is 14.3. The highest BCUT2D eigenvalue weighted by Gasteiger charge is 2.49. The lowest BCUT2D eigenvalue weighted by atomic mass is 9.76. The largest absolute Gasteiger partial charge is 0.469 e. The Morgan fingerprint density at radius 3 is 2.65 bits per heavy atom. The number of esters is 1. The first kappa shape index (κ1) is 13.6. The van der Waals surface area contributed by atoms with Gasteiger partial charge in [0, 0.05) is 18.0 Å². The number of piperidine rings is 1. The third-order valence-electron chi connectivity index (χ3n) is 5.04. The molecule has 0 aliphatic carbocycles. The van der Waals surface area contributed by atoms with E-state index in [0.717, 1.165) is 24.8 Å². The molecule has 0 amide bonds. The molecule has 0 aromatic heterocycles. The van der Waals surface area contributed by atoms with E-state index in [2.05, 4.69) is 11.9 Å². The van der Waals surface area contributed by atoms with Gasteiger partial charge in [-0.1, -0.05) is 12.1 Å². The third kappa shape index (κ3) is 2.12. The van der Waals surface area contributed by atoms with Crippen LogP contribution in [0.3, 0.4) is 0 Å². The SMILES string of the molecule is CN1[C@H]2CC[C@@H]1[C@@H](C(=O)O[11CH3])[C@@H](c1ccc(F)cc1)C2. The number of hydrogen-bond acceptors (Lipinski definition) is 3. The number of ether oxygens (including phenoxy) is 1. The minimum absolute atomic E-state index is 0.136. The fourth-order valence-corrected chi connectivity index (χ4v) is 3.98. The topological polar surface area (TPSA) is 29.5 Å². The van der Waals surface area contributed by atoms with Crippen molar-refractivity contribution in [2.45, 2.75) is 37.3 Å². The van der Waals surface area contributed by atoms with Crippen LogP contribution in [0.4, 0.5) is 4.39 Å². The van der Waals surface area contributed by atoms with E-state index < -0.39 is 0 Å². The van der Waals surface area contributed by atoms with E-state index in [1.165, 1.54) is 19.2 Å². The van der Waals surface area contributed by atoms with Crippen LogP contribution in [-0.2, 0) is 9.53 Å². The fraction of sp³-hybridized carbons (Fsp3) is 0.562. The fourth-order valence-electron chi connectivity index (χ4n) is 3.98.